The van der Waals surface area contributed by atoms with Gasteiger partial charge in [0.25, 0.3) is 5.91 Å². The van der Waals surface area contributed by atoms with Crippen molar-refractivity contribution in [2.75, 3.05) is 13.1 Å². The fourth-order valence-corrected chi connectivity index (χ4v) is 1.48. The van der Waals surface area contributed by atoms with Gasteiger partial charge in [0.2, 0.25) is 0 Å². The van der Waals surface area contributed by atoms with Crippen LogP contribution in [0.4, 0.5) is 0 Å². The van der Waals surface area contributed by atoms with Crippen LogP contribution in [0.25, 0.3) is 0 Å². The third kappa shape index (κ3) is 1.57. The number of hydrogen-bond donors (Lipinski definition) is 0. The zero-order valence-corrected chi connectivity index (χ0v) is 7.79. The Hall–Kier alpha value is -1.31. The number of nitrogens with zero attached hydrogens (tertiary/aromatic N) is 1. The Labute approximate surface area is 78.2 Å². The van der Waals surface area contributed by atoms with E-state index in [9.17, 15) is 4.79 Å². The van der Waals surface area contributed by atoms with E-state index in [4.69, 9.17) is 0 Å². The molecule has 1 aliphatic heterocycles. The van der Waals surface area contributed by atoms with E-state index in [0.29, 0.717) is 0 Å². The van der Waals surface area contributed by atoms with Crippen LogP contribution in [0.5, 0.6) is 0 Å². The largest absolute Gasteiger partial charge is 0.339 e. The summed E-state index contributed by atoms with van der Waals surface area (Å²) in [6, 6.07) is 7.77. The van der Waals surface area contributed by atoms with Gasteiger partial charge in [-0.2, -0.15) is 0 Å². The van der Waals surface area contributed by atoms with Crippen molar-refractivity contribution >= 4 is 5.91 Å². The van der Waals surface area contributed by atoms with Crippen molar-refractivity contribution in [2.45, 2.75) is 13.3 Å². The smallest absolute Gasteiger partial charge is 0.253 e. The van der Waals surface area contributed by atoms with Crippen molar-refractivity contribution in [3.05, 3.63) is 35.4 Å². The molecule has 2 nitrogen and oxygen atoms in total. The minimum absolute atomic E-state index is 0.176. The van der Waals surface area contributed by atoms with Crippen LogP contribution in [0.15, 0.2) is 24.3 Å². The standard InChI is InChI=1S/C11H13NO/c1-9-4-2-5-10(8-9)11(13)12-6-3-7-12/h2,4-5,8H,3,6-7H2,1H3. The molecular formula is C11H13NO. The third-order valence-electron chi connectivity index (χ3n) is 2.41. The minimum Gasteiger partial charge on any atom is -0.339 e. The third-order valence-corrected chi connectivity index (χ3v) is 2.41. The molecule has 1 amide bonds. The summed E-state index contributed by atoms with van der Waals surface area (Å²) in [5.41, 5.74) is 1.96. The molecule has 0 N–H and O–H groups in total. The van der Waals surface area contributed by atoms with Crippen molar-refractivity contribution in [1.82, 2.24) is 4.90 Å². The summed E-state index contributed by atoms with van der Waals surface area (Å²) in [6.07, 6.45) is 1.15. The summed E-state index contributed by atoms with van der Waals surface area (Å²) in [5, 5.41) is 0. The molecule has 68 valence electrons. The van der Waals surface area contributed by atoms with Crippen LogP contribution in [0, 0.1) is 6.92 Å². The fourth-order valence-electron chi connectivity index (χ4n) is 1.48. The lowest BCUT2D eigenvalue weighted by atomic mass is 10.1. The van der Waals surface area contributed by atoms with E-state index in [2.05, 4.69) is 0 Å². The molecule has 1 saturated heterocycles. The second-order valence-corrected chi connectivity index (χ2v) is 3.52. The number of carbonyl (C=O) groups excluding carboxylic acids is 1. The lowest BCUT2D eigenvalue weighted by Crippen LogP contribution is -2.42. The summed E-state index contributed by atoms with van der Waals surface area (Å²) >= 11 is 0. The lowest BCUT2D eigenvalue weighted by molar-refractivity contribution is 0.0652. The molecule has 2 heteroatoms. The van der Waals surface area contributed by atoms with Gasteiger partial charge in [0.1, 0.15) is 0 Å². The molecule has 0 spiro atoms. The van der Waals surface area contributed by atoms with Crippen LogP contribution in [0.1, 0.15) is 22.3 Å². The van der Waals surface area contributed by atoms with E-state index in [1.165, 1.54) is 0 Å². The van der Waals surface area contributed by atoms with E-state index in [1.807, 2.05) is 36.1 Å². The summed E-state index contributed by atoms with van der Waals surface area (Å²) in [5.74, 6) is 0.176. The van der Waals surface area contributed by atoms with Gasteiger partial charge in [0, 0.05) is 18.7 Å². The van der Waals surface area contributed by atoms with Crippen molar-refractivity contribution in [3.63, 3.8) is 0 Å². The number of amides is 1. The van der Waals surface area contributed by atoms with Crippen molar-refractivity contribution < 1.29 is 4.79 Å². The highest BCUT2D eigenvalue weighted by molar-refractivity contribution is 5.94. The number of carbonyl (C=O) groups is 1. The van der Waals surface area contributed by atoms with Crippen LogP contribution in [-0.2, 0) is 0 Å². The predicted molar refractivity (Wildman–Crippen MR) is 51.7 cm³/mol. The van der Waals surface area contributed by atoms with Gasteiger partial charge in [-0.1, -0.05) is 17.7 Å². The molecule has 0 aromatic heterocycles. The van der Waals surface area contributed by atoms with Gasteiger partial charge >= 0.3 is 0 Å². The zero-order valence-electron chi connectivity index (χ0n) is 7.79. The first-order chi connectivity index (χ1) is 6.27. The maximum Gasteiger partial charge on any atom is 0.253 e. The summed E-state index contributed by atoms with van der Waals surface area (Å²) < 4.78 is 0. The molecule has 2 rings (SSSR count). The average Bonchev–Trinajstić information content (AvgIpc) is 2.01. The Kier molecular flexibility index (Phi) is 2.05. The monoisotopic (exact) mass is 175 g/mol. The SMILES string of the molecule is Cc1cccc(C(=O)N2CCC2)c1. The first-order valence-electron chi connectivity index (χ1n) is 4.63. The number of benzene rings is 1. The molecular weight excluding hydrogens is 162 g/mol. The van der Waals surface area contributed by atoms with Crippen LogP contribution in [-0.4, -0.2) is 23.9 Å². The van der Waals surface area contributed by atoms with Crippen LogP contribution >= 0.6 is 0 Å². The summed E-state index contributed by atoms with van der Waals surface area (Å²) in [6.45, 7) is 3.85. The minimum atomic E-state index is 0.176. The molecule has 13 heavy (non-hydrogen) atoms. The number of rotatable bonds is 1. The van der Waals surface area contributed by atoms with Gasteiger partial charge in [-0.15, -0.1) is 0 Å². The summed E-state index contributed by atoms with van der Waals surface area (Å²) in [7, 11) is 0. The molecule has 0 radical (unpaired) electrons. The number of aryl methyl sites for hydroxylation is 1. The number of likely N-dealkylation sites (tertiary alicyclic amines) is 1. The molecule has 0 bridgehead atoms. The summed E-state index contributed by atoms with van der Waals surface area (Å²) in [4.78, 5) is 13.6. The topological polar surface area (TPSA) is 20.3 Å². The van der Waals surface area contributed by atoms with E-state index in [1.54, 1.807) is 0 Å². The molecule has 1 aromatic rings. The molecule has 1 aliphatic rings. The first-order valence-corrected chi connectivity index (χ1v) is 4.63. The fraction of sp³-hybridized carbons (Fsp3) is 0.364. The Morgan fingerprint density at radius 3 is 2.69 bits per heavy atom. The molecule has 1 heterocycles. The maximum atomic E-state index is 11.7. The van der Waals surface area contributed by atoms with E-state index < -0.39 is 0 Å². The molecule has 0 saturated carbocycles. The van der Waals surface area contributed by atoms with Crippen molar-refractivity contribution in [2.24, 2.45) is 0 Å². The molecule has 0 atom stereocenters. The van der Waals surface area contributed by atoms with E-state index in [-0.39, 0.29) is 5.91 Å². The second kappa shape index (κ2) is 3.21. The zero-order chi connectivity index (χ0) is 9.26. The van der Waals surface area contributed by atoms with Crippen LogP contribution in [0.3, 0.4) is 0 Å². The Morgan fingerprint density at radius 2 is 2.15 bits per heavy atom. The maximum absolute atomic E-state index is 11.7. The molecule has 0 unspecified atom stereocenters. The van der Waals surface area contributed by atoms with Gasteiger partial charge < -0.3 is 4.90 Å². The van der Waals surface area contributed by atoms with Gasteiger partial charge in [-0.3, -0.25) is 4.79 Å². The molecule has 1 aromatic carbocycles. The highest BCUT2D eigenvalue weighted by Gasteiger charge is 2.21. The molecule has 1 fully saturated rings. The second-order valence-electron chi connectivity index (χ2n) is 3.52. The van der Waals surface area contributed by atoms with E-state index in [0.717, 1.165) is 30.6 Å². The van der Waals surface area contributed by atoms with Crippen molar-refractivity contribution in [1.29, 1.82) is 0 Å². The van der Waals surface area contributed by atoms with Crippen LogP contribution < -0.4 is 0 Å². The van der Waals surface area contributed by atoms with Gasteiger partial charge in [-0.05, 0) is 25.5 Å². The van der Waals surface area contributed by atoms with Crippen molar-refractivity contribution in [3.8, 4) is 0 Å². The Balaban J connectivity index is 2.19. The van der Waals surface area contributed by atoms with E-state index >= 15 is 0 Å². The highest BCUT2D eigenvalue weighted by Crippen LogP contribution is 2.13. The quantitative estimate of drug-likeness (QED) is 0.637. The van der Waals surface area contributed by atoms with Gasteiger partial charge in [0.05, 0.1) is 0 Å². The normalized spacial score (nSPS) is 15.3. The van der Waals surface area contributed by atoms with Gasteiger partial charge in [-0.25, -0.2) is 0 Å². The lowest BCUT2D eigenvalue weighted by Gasteiger charge is -2.30. The van der Waals surface area contributed by atoms with Crippen LogP contribution in [0.2, 0.25) is 0 Å². The molecule has 0 aliphatic carbocycles. The Bertz CT molecular complexity index is 329. The van der Waals surface area contributed by atoms with Gasteiger partial charge in [0.15, 0.2) is 0 Å². The average molecular weight is 175 g/mol. The number of hydrogen-bond acceptors (Lipinski definition) is 1. The predicted octanol–water partition coefficient (Wildman–Crippen LogP) is 1.84. The first kappa shape index (κ1) is 8.30. The Morgan fingerprint density at radius 1 is 1.38 bits per heavy atom. The highest BCUT2D eigenvalue weighted by atomic mass is 16.2.